The van der Waals surface area contributed by atoms with Gasteiger partial charge in [-0.3, -0.25) is 4.98 Å². The highest BCUT2D eigenvalue weighted by atomic mass is 16.5. The summed E-state index contributed by atoms with van der Waals surface area (Å²) in [7, 11) is 0. The van der Waals surface area contributed by atoms with E-state index in [9.17, 15) is 0 Å². The molecule has 2 aromatic heterocycles. The summed E-state index contributed by atoms with van der Waals surface area (Å²) in [6.07, 6.45) is 2.59. The van der Waals surface area contributed by atoms with Crippen LogP contribution in [0.1, 0.15) is 18.4 Å². The van der Waals surface area contributed by atoms with Crippen molar-refractivity contribution >= 4 is 0 Å². The lowest BCUT2D eigenvalue weighted by atomic mass is 10.1. The maximum Gasteiger partial charge on any atom is 0.253 e. The van der Waals surface area contributed by atoms with Crippen molar-refractivity contribution in [1.29, 1.82) is 0 Å². The first-order chi connectivity index (χ1) is 8.85. The predicted molar refractivity (Wildman–Crippen MR) is 65.6 cm³/mol. The topological polar surface area (TPSA) is 87.1 Å². The second kappa shape index (κ2) is 6.23. The molecule has 0 spiro atoms. The highest BCUT2D eigenvalue weighted by molar-refractivity contribution is 5.53. The minimum Gasteiger partial charge on any atom is -0.370 e. The third kappa shape index (κ3) is 2.91. The summed E-state index contributed by atoms with van der Waals surface area (Å²) in [5.41, 5.74) is 7.17. The number of nitrogens with zero attached hydrogens (tertiary/aromatic N) is 3. The van der Waals surface area contributed by atoms with Crippen LogP contribution in [0.25, 0.3) is 11.5 Å². The largest absolute Gasteiger partial charge is 0.370 e. The second-order valence-corrected chi connectivity index (χ2v) is 3.72. The smallest absolute Gasteiger partial charge is 0.253 e. The lowest BCUT2D eigenvalue weighted by Crippen LogP contribution is -2.08. The number of rotatable bonds is 6. The molecule has 0 fully saturated rings. The van der Waals surface area contributed by atoms with Crippen molar-refractivity contribution in [3.8, 4) is 11.5 Å². The van der Waals surface area contributed by atoms with Crippen molar-refractivity contribution in [2.24, 2.45) is 5.73 Å². The zero-order chi connectivity index (χ0) is 12.8. The van der Waals surface area contributed by atoms with E-state index in [-0.39, 0.29) is 6.61 Å². The Balaban J connectivity index is 2.13. The lowest BCUT2D eigenvalue weighted by Gasteiger charge is -2.00. The van der Waals surface area contributed by atoms with Crippen molar-refractivity contribution in [2.45, 2.75) is 20.0 Å². The summed E-state index contributed by atoms with van der Waals surface area (Å²) in [5, 5.41) is 3.91. The first-order valence-electron chi connectivity index (χ1n) is 5.89. The van der Waals surface area contributed by atoms with E-state index >= 15 is 0 Å². The molecule has 2 rings (SSSR count). The molecule has 2 aromatic rings. The number of aryl methyl sites for hydroxylation is 1. The fraction of sp³-hybridized carbons (Fsp3) is 0.417. The fourth-order valence-electron chi connectivity index (χ4n) is 1.58. The van der Waals surface area contributed by atoms with E-state index in [1.165, 1.54) is 0 Å². The van der Waals surface area contributed by atoms with Gasteiger partial charge in [0.2, 0.25) is 5.82 Å². The Labute approximate surface area is 105 Å². The van der Waals surface area contributed by atoms with Gasteiger partial charge in [-0.2, -0.15) is 4.98 Å². The number of hydrogen-bond acceptors (Lipinski definition) is 6. The van der Waals surface area contributed by atoms with Crippen LogP contribution < -0.4 is 5.73 Å². The van der Waals surface area contributed by atoms with Gasteiger partial charge in [0, 0.05) is 12.7 Å². The Morgan fingerprint density at radius 3 is 3.11 bits per heavy atom. The van der Waals surface area contributed by atoms with Gasteiger partial charge >= 0.3 is 0 Å². The molecule has 0 aliphatic carbocycles. The maximum absolute atomic E-state index is 5.33. The minimum atomic E-state index is 0.276. The molecule has 0 amide bonds. The van der Waals surface area contributed by atoms with E-state index in [0.717, 1.165) is 17.7 Å². The zero-order valence-corrected chi connectivity index (χ0v) is 10.3. The van der Waals surface area contributed by atoms with E-state index < -0.39 is 0 Å². The molecule has 0 unspecified atom stereocenters. The Kier molecular flexibility index (Phi) is 4.38. The van der Waals surface area contributed by atoms with Crippen molar-refractivity contribution in [2.75, 3.05) is 13.2 Å². The quantitative estimate of drug-likeness (QED) is 0.772. The Morgan fingerprint density at radius 2 is 2.33 bits per heavy atom. The molecule has 0 saturated carbocycles. The van der Waals surface area contributed by atoms with E-state index in [0.29, 0.717) is 24.9 Å². The molecule has 0 atom stereocenters. The third-order valence-electron chi connectivity index (χ3n) is 2.44. The average molecular weight is 248 g/mol. The van der Waals surface area contributed by atoms with Crippen LogP contribution in [0.15, 0.2) is 22.9 Å². The van der Waals surface area contributed by atoms with Crippen molar-refractivity contribution in [1.82, 2.24) is 15.1 Å². The monoisotopic (exact) mass is 248 g/mol. The first-order valence-corrected chi connectivity index (χ1v) is 5.89. The van der Waals surface area contributed by atoms with Gasteiger partial charge in [-0.15, -0.1) is 0 Å². The van der Waals surface area contributed by atoms with Gasteiger partial charge in [-0.05, 0) is 18.1 Å². The van der Waals surface area contributed by atoms with Crippen LogP contribution in [0.3, 0.4) is 0 Å². The molecule has 2 N–H and O–H groups in total. The highest BCUT2D eigenvalue weighted by Gasteiger charge is 2.12. The molecule has 6 nitrogen and oxygen atoms in total. The zero-order valence-electron chi connectivity index (χ0n) is 10.3. The van der Waals surface area contributed by atoms with E-state index in [1.807, 2.05) is 12.1 Å². The molecule has 18 heavy (non-hydrogen) atoms. The molecule has 0 aliphatic rings. The summed E-state index contributed by atoms with van der Waals surface area (Å²) >= 11 is 0. The SMILES string of the molecule is CCc1cccnc1-c1noc(COCCN)n1. The molecule has 0 bridgehead atoms. The second-order valence-electron chi connectivity index (χ2n) is 3.72. The average Bonchev–Trinajstić information content (AvgIpc) is 2.88. The molecule has 0 radical (unpaired) electrons. The molecule has 2 heterocycles. The Morgan fingerprint density at radius 1 is 1.44 bits per heavy atom. The summed E-state index contributed by atoms with van der Waals surface area (Å²) in [4.78, 5) is 8.54. The Bertz CT molecular complexity index is 498. The van der Waals surface area contributed by atoms with Gasteiger partial charge in [0.25, 0.3) is 5.89 Å². The van der Waals surface area contributed by atoms with E-state index in [4.69, 9.17) is 15.0 Å². The standard InChI is InChI=1S/C12H16N4O2/c1-2-9-4-3-6-14-11(9)12-15-10(18-16-12)8-17-7-5-13/h3-4,6H,2,5,7-8,13H2,1H3. The van der Waals surface area contributed by atoms with Crippen molar-refractivity contribution in [3.05, 3.63) is 29.8 Å². The minimum absolute atomic E-state index is 0.276. The first kappa shape index (κ1) is 12.7. The maximum atomic E-state index is 5.33. The van der Waals surface area contributed by atoms with Gasteiger partial charge < -0.3 is 15.0 Å². The van der Waals surface area contributed by atoms with Gasteiger partial charge in [0.1, 0.15) is 12.3 Å². The normalized spacial score (nSPS) is 10.8. The number of pyridine rings is 1. The number of ether oxygens (including phenoxy) is 1. The fourth-order valence-corrected chi connectivity index (χ4v) is 1.58. The summed E-state index contributed by atoms with van der Waals surface area (Å²) in [5.74, 6) is 0.935. The van der Waals surface area contributed by atoms with E-state index in [1.54, 1.807) is 6.20 Å². The molecular weight excluding hydrogens is 232 g/mol. The van der Waals surface area contributed by atoms with Crippen molar-refractivity contribution in [3.63, 3.8) is 0 Å². The lowest BCUT2D eigenvalue weighted by molar-refractivity contribution is 0.104. The van der Waals surface area contributed by atoms with Crippen LogP contribution >= 0.6 is 0 Å². The van der Waals surface area contributed by atoms with Crippen LogP contribution in [0, 0.1) is 0 Å². The summed E-state index contributed by atoms with van der Waals surface area (Å²) in [6.45, 7) is 3.28. The van der Waals surface area contributed by atoms with Crippen LogP contribution in [0.2, 0.25) is 0 Å². The summed E-state index contributed by atoms with van der Waals surface area (Å²) < 4.78 is 10.3. The molecule has 0 saturated heterocycles. The van der Waals surface area contributed by atoms with Crippen molar-refractivity contribution < 1.29 is 9.26 Å². The number of hydrogen-bond donors (Lipinski definition) is 1. The molecule has 96 valence electrons. The van der Waals surface area contributed by atoms with Gasteiger partial charge in [0.15, 0.2) is 0 Å². The van der Waals surface area contributed by atoms with Crippen LogP contribution in [0.4, 0.5) is 0 Å². The van der Waals surface area contributed by atoms with Gasteiger partial charge in [-0.1, -0.05) is 18.1 Å². The highest BCUT2D eigenvalue weighted by Crippen LogP contribution is 2.18. The third-order valence-corrected chi connectivity index (χ3v) is 2.44. The molecule has 6 heteroatoms. The Hall–Kier alpha value is -1.79. The van der Waals surface area contributed by atoms with Crippen LogP contribution in [0.5, 0.6) is 0 Å². The molecular formula is C12H16N4O2. The number of aromatic nitrogens is 3. The predicted octanol–water partition coefficient (Wildman–Crippen LogP) is 1.17. The van der Waals surface area contributed by atoms with Crippen LogP contribution in [-0.2, 0) is 17.8 Å². The number of nitrogens with two attached hydrogens (primary N) is 1. The summed E-state index contributed by atoms with van der Waals surface area (Å²) in [6, 6.07) is 3.90. The van der Waals surface area contributed by atoms with Gasteiger partial charge in [-0.25, -0.2) is 0 Å². The van der Waals surface area contributed by atoms with Crippen LogP contribution in [-0.4, -0.2) is 28.3 Å². The van der Waals surface area contributed by atoms with Gasteiger partial charge in [0.05, 0.1) is 6.61 Å². The molecule has 0 aromatic carbocycles. The molecule has 0 aliphatic heterocycles. The van der Waals surface area contributed by atoms with E-state index in [2.05, 4.69) is 22.0 Å².